The highest BCUT2D eigenvalue weighted by Gasteiger charge is 2.36. The lowest BCUT2D eigenvalue weighted by molar-refractivity contribution is 0.115. The summed E-state index contributed by atoms with van der Waals surface area (Å²) in [5, 5.41) is 0. The lowest BCUT2D eigenvalue weighted by atomic mass is 9.63. The van der Waals surface area contributed by atoms with Gasteiger partial charge in [0.25, 0.3) is 0 Å². The van der Waals surface area contributed by atoms with Crippen LogP contribution in [0.5, 0.6) is 0 Å². The second-order valence-corrected chi connectivity index (χ2v) is 10.6. The van der Waals surface area contributed by atoms with Crippen LogP contribution in [0.3, 0.4) is 0 Å². The van der Waals surface area contributed by atoms with Crippen molar-refractivity contribution in [3.63, 3.8) is 0 Å². The number of hydrogen-bond acceptors (Lipinski definition) is 0. The molecule has 2 aromatic rings. The van der Waals surface area contributed by atoms with E-state index in [1.807, 2.05) is 25.2 Å². The zero-order valence-corrected chi connectivity index (χ0v) is 21.3. The first-order valence-corrected chi connectivity index (χ1v) is 13.5. The first kappa shape index (κ1) is 26.3. The average Bonchev–Trinajstić information content (AvgIpc) is 2.87. The summed E-state index contributed by atoms with van der Waals surface area (Å²) in [5.74, 6) is 6.16. The van der Waals surface area contributed by atoms with E-state index < -0.39 is 11.6 Å². The van der Waals surface area contributed by atoms with Crippen molar-refractivity contribution in [2.45, 2.75) is 77.0 Å². The van der Waals surface area contributed by atoms with E-state index in [0.717, 1.165) is 49.5 Å². The molecule has 4 unspecified atom stereocenters. The molecule has 2 aromatic carbocycles. The Morgan fingerprint density at radius 1 is 0.889 bits per heavy atom. The van der Waals surface area contributed by atoms with Crippen LogP contribution in [0.1, 0.15) is 92.9 Å². The van der Waals surface area contributed by atoms with Gasteiger partial charge in [0.1, 0.15) is 17.5 Å². The fraction of sp³-hybridized carbons (Fsp3) is 0.455. The van der Waals surface area contributed by atoms with Gasteiger partial charge in [0.05, 0.1) is 5.56 Å². The van der Waals surface area contributed by atoms with Gasteiger partial charge in [-0.3, -0.25) is 0 Å². The second-order valence-electron chi connectivity index (χ2n) is 10.6. The van der Waals surface area contributed by atoms with Crippen molar-refractivity contribution >= 4 is 0 Å². The van der Waals surface area contributed by atoms with Crippen molar-refractivity contribution in [3.05, 3.63) is 94.8 Å². The van der Waals surface area contributed by atoms with Gasteiger partial charge in [-0.2, -0.15) is 0 Å². The van der Waals surface area contributed by atoms with Crippen LogP contribution in [0.2, 0.25) is 0 Å². The quantitative estimate of drug-likeness (QED) is 0.268. The number of hydrogen-bond donors (Lipinski definition) is 0. The molecule has 190 valence electrons. The largest absolute Gasteiger partial charge is 0.207 e. The number of rotatable bonds is 7. The molecule has 3 heteroatoms. The molecule has 2 saturated carbocycles. The first-order valence-electron chi connectivity index (χ1n) is 13.5. The lowest BCUT2D eigenvalue weighted by Gasteiger charge is -2.42. The Bertz CT molecular complexity index is 1130. The van der Waals surface area contributed by atoms with E-state index in [4.69, 9.17) is 0 Å². The van der Waals surface area contributed by atoms with E-state index in [1.165, 1.54) is 43.9 Å². The Hall–Kier alpha value is -2.73. The third-order valence-electron chi connectivity index (χ3n) is 8.24. The Morgan fingerprint density at radius 3 is 2.36 bits per heavy atom. The van der Waals surface area contributed by atoms with Crippen LogP contribution in [-0.2, 0) is 6.42 Å². The monoisotopic (exact) mass is 490 g/mol. The molecule has 4 atom stereocenters. The van der Waals surface area contributed by atoms with Crippen molar-refractivity contribution in [2.24, 2.45) is 17.8 Å². The van der Waals surface area contributed by atoms with Gasteiger partial charge in [-0.15, -0.1) is 6.58 Å². The summed E-state index contributed by atoms with van der Waals surface area (Å²) in [6, 6.07) is 7.68. The predicted molar refractivity (Wildman–Crippen MR) is 142 cm³/mol. The van der Waals surface area contributed by atoms with Crippen molar-refractivity contribution in [3.8, 4) is 11.8 Å². The van der Waals surface area contributed by atoms with E-state index in [1.54, 1.807) is 12.1 Å². The van der Waals surface area contributed by atoms with Crippen molar-refractivity contribution < 1.29 is 13.2 Å². The number of benzene rings is 2. The van der Waals surface area contributed by atoms with Crippen LogP contribution >= 0.6 is 0 Å². The third-order valence-corrected chi connectivity index (χ3v) is 8.24. The molecule has 0 amide bonds. The molecule has 0 spiro atoms. The highest BCUT2D eigenvalue weighted by Crippen LogP contribution is 2.48. The zero-order chi connectivity index (χ0) is 25.5. The molecule has 0 radical (unpaired) electrons. The average molecular weight is 491 g/mol. The Morgan fingerprint density at radius 2 is 1.64 bits per heavy atom. The van der Waals surface area contributed by atoms with Gasteiger partial charge < -0.3 is 0 Å². The van der Waals surface area contributed by atoms with Crippen LogP contribution in [0, 0.1) is 47.0 Å². The van der Waals surface area contributed by atoms with E-state index in [0.29, 0.717) is 23.5 Å². The minimum absolute atomic E-state index is 0.200. The van der Waals surface area contributed by atoms with Crippen LogP contribution < -0.4 is 0 Å². The maximum absolute atomic E-state index is 15.0. The number of allylic oxidation sites excluding steroid dienone is 3. The first-order chi connectivity index (χ1) is 17.5. The molecule has 0 nitrogen and oxygen atoms in total. The van der Waals surface area contributed by atoms with Gasteiger partial charge in [0, 0.05) is 5.56 Å². The lowest BCUT2D eigenvalue weighted by Crippen LogP contribution is -2.30. The van der Waals surface area contributed by atoms with Gasteiger partial charge >= 0.3 is 0 Å². The van der Waals surface area contributed by atoms with Crippen LogP contribution in [0.15, 0.2) is 55.1 Å². The highest BCUT2D eigenvalue weighted by molar-refractivity contribution is 5.46. The summed E-state index contributed by atoms with van der Waals surface area (Å²) in [6.07, 6.45) is 16.6. The molecule has 0 heterocycles. The maximum Gasteiger partial charge on any atom is 0.142 e. The van der Waals surface area contributed by atoms with E-state index >= 15 is 0 Å². The normalized spacial score (nSPS) is 23.7. The SMILES string of the molecule is C=CCCC1CCC2CC(c3cc(F)c(C#Cc4ccc(CC/C=C/C)c(F)c4)c(F)c3)CCC2C1. The van der Waals surface area contributed by atoms with Gasteiger partial charge in [-0.05, 0) is 124 Å². The van der Waals surface area contributed by atoms with Crippen LogP contribution in [-0.4, -0.2) is 0 Å². The summed E-state index contributed by atoms with van der Waals surface area (Å²) >= 11 is 0. The molecule has 0 bridgehead atoms. The fourth-order valence-electron chi connectivity index (χ4n) is 6.22. The Labute approximate surface area is 214 Å². The van der Waals surface area contributed by atoms with Gasteiger partial charge in [0.15, 0.2) is 0 Å². The van der Waals surface area contributed by atoms with Crippen molar-refractivity contribution in [1.29, 1.82) is 0 Å². The van der Waals surface area contributed by atoms with E-state index in [9.17, 15) is 13.2 Å². The molecule has 0 aliphatic heterocycles. The Kier molecular flexibility index (Phi) is 9.13. The fourth-order valence-corrected chi connectivity index (χ4v) is 6.22. The second kappa shape index (κ2) is 12.5. The van der Waals surface area contributed by atoms with Crippen molar-refractivity contribution in [1.82, 2.24) is 0 Å². The predicted octanol–water partition coefficient (Wildman–Crippen LogP) is 9.28. The molecule has 36 heavy (non-hydrogen) atoms. The van der Waals surface area contributed by atoms with Gasteiger partial charge in [-0.1, -0.05) is 42.6 Å². The molecular weight excluding hydrogens is 453 g/mol. The number of halogens is 3. The smallest absolute Gasteiger partial charge is 0.142 e. The van der Waals surface area contributed by atoms with Gasteiger partial charge in [0.2, 0.25) is 0 Å². The number of aryl methyl sites for hydroxylation is 1. The minimum atomic E-state index is -0.629. The molecule has 2 fully saturated rings. The molecule has 4 rings (SSSR count). The summed E-state index contributed by atoms with van der Waals surface area (Å²) < 4.78 is 44.3. The van der Waals surface area contributed by atoms with E-state index in [-0.39, 0.29) is 17.3 Å². The topological polar surface area (TPSA) is 0 Å². The molecule has 2 aliphatic carbocycles. The molecule has 2 aliphatic rings. The van der Waals surface area contributed by atoms with Gasteiger partial charge in [-0.25, -0.2) is 13.2 Å². The highest BCUT2D eigenvalue weighted by atomic mass is 19.1. The van der Waals surface area contributed by atoms with Crippen molar-refractivity contribution in [2.75, 3.05) is 0 Å². The standard InChI is InChI=1S/C33H37F3/c1-3-5-7-9-25-13-10-24(19-31(25)34)12-17-30-32(35)21-29(22-33(30)36)28-16-15-26-18-23(8-6-4-2)11-14-27(26)20-28/h3-5,10,13,19,21-23,26-28H,2,6-9,11,14-16,18,20H2,1H3/b5-3+. The molecular formula is C33H37F3. The zero-order valence-electron chi connectivity index (χ0n) is 21.3. The van der Waals surface area contributed by atoms with Crippen LogP contribution in [0.4, 0.5) is 13.2 Å². The molecule has 0 N–H and O–H groups in total. The molecule has 0 aromatic heterocycles. The number of fused-ring (bicyclic) bond motifs is 1. The summed E-state index contributed by atoms with van der Waals surface area (Å²) in [7, 11) is 0. The summed E-state index contributed by atoms with van der Waals surface area (Å²) in [5.41, 5.74) is 1.53. The van der Waals surface area contributed by atoms with Crippen LogP contribution in [0.25, 0.3) is 0 Å². The summed E-state index contributed by atoms with van der Waals surface area (Å²) in [4.78, 5) is 0. The molecule has 0 saturated heterocycles. The Balaban J connectivity index is 1.42. The van der Waals surface area contributed by atoms with E-state index in [2.05, 4.69) is 18.4 Å². The minimum Gasteiger partial charge on any atom is -0.207 e. The third kappa shape index (κ3) is 6.52. The maximum atomic E-state index is 15.0. The summed E-state index contributed by atoms with van der Waals surface area (Å²) in [6.45, 7) is 5.78.